The Hall–Kier alpha value is -2.26. The van der Waals surface area contributed by atoms with Crippen molar-refractivity contribution in [2.24, 2.45) is 0 Å². The average molecular weight is 272 g/mol. The van der Waals surface area contributed by atoms with E-state index in [1.54, 1.807) is 24.3 Å². The Labute approximate surface area is 114 Å². The van der Waals surface area contributed by atoms with E-state index in [-0.39, 0.29) is 5.63 Å². The summed E-state index contributed by atoms with van der Waals surface area (Å²) in [4.78, 5) is 11.5. The smallest absolute Gasteiger partial charge is 0.331 e. The van der Waals surface area contributed by atoms with Gasteiger partial charge in [-0.25, -0.2) is 4.79 Å². The van der Waals surface area contributed by atoms with E-state index in [9.17, 15) is 4.79 Å². The number of rotatable bonds is 2. The second-order valence-electron chi connectivity index (χ2n) is 4.08. The predicted octanol–water partition coefficient (Wildman–Crippen LogP) is 3.75. The van der Waals surface area contributed by atoms with E-state index < -0.39 is 0 Å². The Morgan fingerprint density at radius 3 is 2.32 bits per heavy atom. The molecule has 0 atom stereocenters. The van der Waals surface area contributed by atoms with Crippen molar-refractivity contribution in [3.8, 4) is 16.9 Å². The largest absolute Gasteiger partial charge is 0.358 e. The molecular formula is C15H10ClNO2. The van der Waals surface area contributed by atoms with Gasteiger partial charge in [-0.15, -0.1) is 0 Å². The second-order valence-corrected chi connectivity index (χ2v) is 4.51. The second kappa shape index (κ2) is 4.78. The van der Waals surface area contributed by atoms with Gasteiger partial charge in [0.1, 0.15) is 0 Å². The average Bonchev–Trinajstić information content (AvgIpc) is 2.83. The summed E-state index contributed by atoms with van der Waals surface area (Å²) in [6, 6.07) is 18.2. The van der Waals surface area contributed by atoms with Crippen LogP contribution in [0.25, 0.3) is 16.9 Å². The summed E-state index contributed by atoms with van der Waals surface area (Å²) in [6.07, 6.45) is 0. The van der Waals surface area contributed by atoms with E-state index >= 15 is 0 Å². The molecule has 0 aliphatic heterocycles. The molecule has 3 rings (SSSR count). The van der Waals surface area contributed by atoms with Gasteiger partial charge >= 0.3 is 5.63 Å². The minimum absolute atomic E-state index is 0.381. The molecule has 0 fully saturated rings. The van der Waals surface area contributed by atoms with Crippen LogP contribution < -0.4 is 5.63 Å². The molecule has 0 saturated carbocycles. The Morgan fingerprint density at radius 2 is 1.63 bits per heavy atom. The maximum atomic E-state index is 11.5. The first kappa shape index (κ1) is 11.8. The van der Waals surface area contributed by atoms with Crippen LogP contribution >= 0.6 is 11.6 Å². The molecule has 0 amide bonds. The standard InChI is InChI=1S/C15H10ClNO2/c16-12-6-8-13(9-7-12)17-14(10-15(18)19-17)11-4-2-1-3-5-11/h1-10H. The van der Waals surface area contributed by atoms with Crippen LogP contribution in [-0.4, -0.2) is 4.74 Å². The third kappa shape index (κ3) is 2.33. The number of hydrogen-bond acceptors (Lipinski definition) is 2. The molecule has 0 spiro atoms. The lowest BCUT2D eigenvalue weighted by atomic mass is 10.1. The highest BCUT2D eigenvalue weighted by Crippen LogP contribution is 2.22. The molecule has 0 aliphatic carbocycles. The van der Waals surface area contributed by atoms with Gasteiger partial charge in [0, 0.05) is 10.6 Å². The number of hydrogen-bond donors (Lipinski definition) is 0. The first-order valence-corrected chi connectivity index (χ1v) is 6.16. The monoisotopic (exact) mass is 271 g/mol. The van der Waals surface area contributed by atoms with Crippen molar-refractivity contribution in [3.63, 3.8) is 0 Å². The van der Waals surface area contributed by atoms with Crippen molar-refractivity contribution in [3.05, 3.63) is 76.1 Å². The summed E-state index contributed by atoms with van der Waals surface area (Å²) in [6.45, 7) is 0. The zero-order valence-electron chi connectivity index (χ0n) is 9.92. The summed E-state index contributed by atoms with van der Waals surface area (Å²) in [5, 5.41) is 0.638. The van der Waals surface area contributed by atoms with Gasteiger partial charge in [-0.05, 0) is 24.3 Å². The minimum Gasteiger partial charge on any atom is -0.331 e. The zero-order chi connectivity index (χ0) is 13.2. The van der Waals surface area contributed by atoms with E-state index in [1.807, 2.05) is 30.3 Å². The zero-order valence-corrected chi connectivity index (χ0v) is 10.7. The number of aromatic nitrogens is 1. The van der Waals surface area contributed by atoms with Crippen LogP contribution in [-0.2, 0) is 0 Å². The van der Waals surface area contributed by atoms with Gasteiger partial charge < -0.3 is 4.52 Å². The molecule has 3 aromatic rings. The van der Waals surface area contributed by atoms with Crippen molar-refractivity contribution in [2.45, 2.75) is 0 Å². The van der Waals surface area contributed by atoms with Crippen molar-refractivity contribution in [1.29, 1.82) is 0 Å². The Morgan fingerprint density at radius 1 is 0.947 bits per heavy atom. The highest BCUT2D eigenvalue weighted by atomic mass is 35.5. The highest BCUT2D eigenvalue weighted by Gasteiger charge is 2.10. The molecule has 0 aliphatic rings. The number of nitrogens with zero attached hydrogens (tertiary/aromatic N) is 1. The molecule has 0 saturated heterocycles. The van der Waals surface area contributed by atoms with E-state index in [4.69, 9.17) is 16.1 Å². The molecular weight excluding hydrogens is 262 g/mol. The van der Waals surface area contributed by atoms with Crippen LogP contribution in [0.15, 0.2) is 70.0 Å². The van der Waals surface area contributed by atoms with Crippen molar-refractivity contribution < 1.29 is 4.52 Å². The van der Waals surface area contributed by atoms with Crippen molar-refractivity contribution >= 4 is 11.6 Å². The van der Waals surface area contributed by atoms with Gasteiger partial charge in [-0.3, -0.25) is 0 Å². The molecule has 1 heterocycles. The van der Waals surface area contributed by atoms with Gasteiger partial charge in [0.25, 0.3) is 0 Å². The topological polar surface area (TPSA) is 35.1 Å². The highest BCUT2D eigenvalue weighted by molar-refractivity contribution is 6.30. The minimum atomic E-state index is -0.381. The van der Waals surface area contributed by atoms with Crippen LogP contribution in [0.2, 0.25) is 5.02 Å². The Balaban J connectivity index is 2.17. The fourth-order valence-corrected chi connectivity index (χ4v) is 2.04. The summed E-state index contributed by atoms with van der Waals surface area (Å²) in [7, 11) is 0. The normalized spacial score (nSPS) is 10.6. The third-order valence-corrected chi connectivity index (χ3v) is 3.04. The predicted molar refractivity (Wildman–Crippen MR) is 74.8 cm³/mol. The van der Waals surface area contributed by atoms with E-state index in [1.165, 1.54) is 10.8 Å². The first-order chi connectivity index (χ1) is 9.24. The molecule has 19 heavy (non-hydrogen) atoms. The van der Waals surface area contributed by atoms with Crippen LogP contribution in [0.5, 0.6) is 0 Å². The van der Waals surface area contributed by atoms with Crippen LogP contribution in [0.3, 0.4) is 0 Å². The lowest BCUT2D eigenvalue weighted by molar-refractivity contribution is 0.326. The summed E-state index contributed by atoms with van der Waals surface area (Å²) >= 11 is 5.86. The van der Waals surface area contributed by atoms with E-state index in [0.717, 1.165) is 11.3 Å². The molecule has 94 valence electrons. The maximum absolute atomic E-state index is 11.5. The number of halogens is 1. The Kier molecular flexibility index (Phi) is 2.97. The fraction of sp³-hybridized carbons (Fsp3) is 0. The summed E-state index contributed by atoms with van der Waals surface area (Å²) < 4.78 is 6.72. The SMILES string of the molecule is O=c1cc(-c2ccccc2)n(-c2ccc(Cl)cc2)o1. The van der Waals surface area contributed by atoms with Gasteiger partial charge in [-0.2, -0.15) is 4.74 Å². The van der Waals surface area contributed by atoms with Crippen molar-refractivity contribution in [2.75, 3.05) is 0 Å². The maximum Gasteiger partial charge on any atom is 0.358 e. The van der Waals surface area contributed by atoms with Gasteiger partial charge in [-0.1, -0.05) is 41.9 Å². The molecule has 0 bridgehead atoms. The third-order valence-electron chi connectivity index (χ3n) is 2.79. The molecule has 2 aromatic carbocycles. The number of benzene rings is 2. The summed E-state index contributed by atoms with van der Waals surface area (Å²) in [5.74, 6) is 0. The fourth-order valence-electron chi connectivity index (χ4n) is 1.91. The molecule has 1 aromatic heterocycles. The molecule has 4 heteroatoms. The van der Waals surface area contributed by atoms with Crippen LogP contribution in [0.4, 0.5) is 0 Å². The quantitative estimate of drug-likeness (QED) is 0.711. The van der Waals surface area contributed by atoms with E-state index in [0.29, 0.717) is 10.7 Å². The van der Waals surface area contributed by atoms with E-state index in [2.05, 4.69) is 0 Å². The van der Waals surface area contributed by atoms with Gasteiger partial charge in [0.05, 0.1) is 17.4 Å². The lowest BCUT2D eigenvalue weighted by Gasteiger charge is -2.06. The lowest BCUT2D eigenvalue weighted by Crippen LogP contribution is -1.95. The van der Waals surface area contributed by atoms with Gasteiger partial charge in [0.15, 0.2) is 0 Å². The Bertz CT molecular complexity index is 742. The molecule has 0 radical (unpaired) electrons. The molecule has 0 unspecified atom stereocenters. The first-order valence-electron chi connectivity index (χ1n) is 5.79. The van der Waals surface area contributed by atoms with Gasteiger partial charge in [0.2, 0.25) is 0 Å². The summed E-state index contributed by atoms with van der Waals surface area (Å²) in [5.41, 5.74) is 2.01. The molecule has 0 N–H and O–H groups in total. The van der Waals surface area contributed by atoms with Crippen LogP contribution in [0, 0.1) is 0 Å². The van der Waals surface area contributed by atoms with Crippen molar-refractivity contribution in [1.82, 2.24) is 4.74 Å². The van der Waals surface area contributed by atoms with Crippen LogP contribution in [0.1, 0.15) is 0 Å². The molecule has 3 nitrogen and oxygen atoms in total.